The summed E-state index contributed by atoms with van der Waals surface area (Å²) in [6.07, 6.45) is 3.27. The Hall–Kier alpha value is -1.93. The van der Waals surface area contributed by atoms with Crippen molar-refractivity contribution < 1.29 is 14.7 Å². The fourth-order valence-corrected chi connectivity index (χ4v) is 1.40. The van der Waals surface area contributed by atoms with Crippen LogP contribution in [0.4, 0.5) is 5.69 Å². The lowest BCUT2D eigenvalue weighted by atomic mass is 10.4. The molecule has 8 heteroatoms. The number of nitrogens with zero attached hydrogens (tertiary/aromatic N) is 3. The summed E-state index contributed by atoms with van der Waals surface area (Å²) in [4.78, 5) is 24.4. The number of likely N-dealkylation sites (N-methyl/N-ethyl adjacent to an activating group) is 1. The molecule has 0 bridgehead atoms. The fourth-order valence-electron chi connectivity index (χ4n) is 1.40. The summed E-state index contributed by atoms with van der Waals surface area (Å²) in [6.45, 7) is 0.537. The quantitative estimate of drug-likeness (QED) is 0.564. The molecule has 8 nitrogen and oxygen atoms in total. The first-order valence-corrected chi connectivity index (χ1v) is 5.94. The first kappa shape index (κ1) is 15.1. The van der Waals surface area contributed by atoms with Crippen LogP contribution in [-0.2, 0) is 16.1 Å². The topological polar surface area (TPSA) is 113 Å². The molecule has 106 valence electrons. The van der Waals surface area contributed by atoms with Crippen LogP contribution >= 0.6 is 0 Å². The number of hydrogen-bond donors (Lipinski definition) is 3. The van der Waals surface area contributed by atoms with Gasteiger partial charge in [-0.15, -0.1) is 0 Å². The number of aromatic nitrogens is 2. The molecule has 0 radical (unpaired) electrons. The van der Waals surface area contributed by atoms with Crippen molar-refractivity contribution in [3.63, 3.8) is 0 Å². The highest BCUT2D eigenvalue weighted by Crippen LogP contribution is 2.05. The Balaban J connectivity index is 2.50. The molecule has 0 atom stereocenters. The minimum Gasteiger partial charge on any atom is -0.395 e. The van der Waals surface area contributed by atoms with Crippen LogP contribution < -0.4 is 11.1 Å². The third kappa shape index (κ3) is 5.06. The number of carbonyl (C=O) groups excluding carboxylic acids is 2. The van der Waals surface area contributed by atoms with E-state index in [2.05, 4.69) is 10.4 Å². The predicted molar refractivity (Wildman–Crippen MR) is 69.3 cm³/mol. The maximum Gasteiger partial charge on any atom is 0.244 e. The van der Waals surface area contributed by atoms with Crippen molar-refractivity contribution in [1.82, 2.24) is 14.7 Å². The number of rotatable bonds is 7. The van der Waals surface area contributed by atoms with Gasteiger partial charge >= 0.3 is 0 Å². The van der Waals surface area contributed by atoms with Crippen LogP contribution in [0.3, 0.4) is 0 Å². The Morgan fingerprint density at radius 3 is 2.95 bits per heavy atom. The SMILES string of the molecule is CN(CCO)C(=O)Cn1cc(NC(=O)CCN)cn1. The molecule has 19 heavy (non-hydrogen) atoms. The summed E-state index contributed by atoms with van der Waals surface area (Å²) in [5, 5.41) is 15.3. The second-order valence-corrected chi connectivity index (χ2v) is 4.05. The van der Waals surface area contributed by atoms with Crippen LogP contribution in [-0.4, -0.2) is 58.3 Å². The number of carbonyl (C=O) groups is 2. The third-order valence-corrected chi connectivity index (χ3v) is 2.45. The van der Waals surface area contributed by atoms with E-state index in [4.69, 9.17) is 10.8 Å². The van der Waals surface area contributed by atoms with Gasteiger partial charge in [-0.3, -0.25) is 14.3 Å². The highest BCUT2D eigenvalue weighted by molar-refractivity contribution is 5.90. The van der Waals surface area contributed by atoms with Crippen molar-refractivity contribution in [2.75, 3.05) is 32.1 Å². The van der Waals surface area contributed by atoms with Gasteiger partial charge in [-0.05, 0) is 0 Å². The smallest absolute Gasteiger partial charge is 0.244 e. The van der Waals surface area contributed by atoms with Crippen molar-refractivity contribution in [2.24, 2.45) is 5.73 Å². The summed E-state index contributed by atoms with van der Waals surface area (Å²) in [7, 11) is 1.60. The van der Waals surface area contributed by atoms with Crippen LogP contribution in [0.2, 0.25) is 0 Å². The lowest BCUT2D eigenvalue weighted by Gasteiger charge is -2.15. The molecule has 1 aromatic heterocycles. The molecule has 0 fully saturated rings. The number of nitrogens with two attached hydrogens (primary N) is 1. The van der Waals surface area contributed by atoms with E-state index in [-0.39, 0.29) is 44.5 Å². The minimum absolute atomic E-state index is 0.0588. The van der Waals surface area contributed by atoms with Crippen LogP contribution in [0.15, 0.2) is 12.4 Å². The number of hydrogen-bond acceptors (Lipinski definition) is 5. The van der Waals surface area contributed by atoms with Crippen molar-refractivity contribution in [3.05, 3.63) is 12.4 Å². The average Bonchev–Trinajstić information content (AvgIpc) is 2.77. The Morgan fingerprint density at radius 2 is 2.32 bits per heavy atom. The summed E-state index contributed by atoms with van der Waals surface area (Å²) in [6, 6.07) is 0. The molecule has 2 amide bonds. The lowest BCUT2D eigenvalue weighted by Crippen LogP contribution is -2.32. The van der Waals surface area contributed by atoms with Gasteiger partial charge in [0.1, 0.15) is 6.54 Å². The van der Waals surface area contributed by atoms with Crippen molar-refractivity contribution in [2.45, 2.75) is 13.0 Å². The molecule has 1 heterocycles. The third-order valence-electron chi connectivity index (χ3n) is 2.45. The van der Waals surface area contributed by atoms with Gasteiger partial charge in [-0.1, -0.05) is 0 Å². The van der Waals surface area contributed by atoms with E-state index in [9.17, 15) is 9.59 Å². The van der Waals surface area contributed by atoms with Crippen LogP contribution in [0, 0.1) is 0 Å². The number of aliphatic hydroxyl groups is 1. The zero-order valence-corrected chi connectivity index (χ0v) is 10.9. The largest absolute Gasteiger partial charge is 0.395 e. The van der Waals surface area contributed by atoms with E-state index in [0.29, 0.717) is 5.69 Å². The normalized spacial score (nSPS) is 10.3. The molecule has 1 rings (SSSR count). The Bertz CT molecular complexity index is 432. The Labute approximate surface area is 111 Å². The molecule has 0 aromatic carbocycles. The van der Waals surface area contributed by atoms with E-state index >= 15 is 0 Å². The molecule has 0 unspecified atom stereocenters. The zero-order valence-electron chi connectivity index (χ0n) is 10.9. The van der Waals surface area contributed by atoms with Gasteiger partial charge < -0.3 is 21.1 Å². The van der Waals surface area contributed by atoms with Gasteiger partial charge in [0.25, 0.3) is 0 Å². The van der Waals surface area contributed by atoms with Gasteiger partial charge in [0, 0.05) is 32.8 Å². The zero-order chi connectivity index (χ0) is 14.3. The van der Waals surface area contributed by atoms with E-state index < -0.39 is 0 Å². The molecular formula is C11H19N5O3. The number of anilines is 1. The summed E-state index contributed by atoms with van der Waals surface area (Å²) in [5.74, 6) is -0.359. The minimum atomic E-state index is -0.189. The van der Waals surface area contributed by atoms with Gasteiger partial charge in [-0.2, -0.15) is 5.10 Å². The molecule has 1 aromatic rings. The summed E-state index contributed by atoms with van der Waals surface area (Å²) in [5.41, 5.74) is 5.79. The van der Waals surface area contributed by atoms with Gasteiger partial charge in [-0.25, -0.2) is 0 Å². The highest BCUT2D eigenvalue weighted by Gasteiger charge is 2.10. The molecule has 0 saturated carbocycles. The molecule has 0 saturated heterocycles. The monoisotopic (exact) mass is 269 g/mol. The van der Waals surface area contributed by atoms with Crippen LogP contribution in [0.5, 0.6) is 0 Å². The van der Waals surface area contributed by atoms with Gasteiger partial charge in [0.15, 0.2) is 0 Å². The molecular weight excluding hydrogens is 250 g/mol. The van der Waals surface area contributed by atoms with E-state index in [0.717, 1.165) is 0 Å². The predicted octanol–water partition coefficient (Wildman–Crippen LogP) is -1.38. The van der Waals surface area contributed by atoms with E-state index in [1.807, 2.05) is 0 Å². The molecule has 0 aliphatic rings. The maximum absolute atomic E-state index is 11.7. The fraction of sp³-hybridized carbons (Fsp3) is 0.545. The van der Waals surface area contributed by atoms with Crippen molar-refractivity contribution >= 4 is 17.5 Å². The summed E-state index contributed by atoms with van der Waals surface area (Å²) >= 11 is 0. The average molecular weight is 269 g/mol. The first-order chi connectivity index (χ1) is 9.06. The highest BCUT2D eigenvalue weighted by atomic mass is 16.3. The molecule has 0 aliphatic heterocycles. The summed E-state index contributed by atoms with van der Waals surface area (Å²) < 4.78 is 1.42. The van der Waals surface area contributed by atoms with Crippen LogP contribution in [0.1, 0.15) is 6.42 Å². The van der Waals surface area contributed by atoms with Crippen molar-refractivity contribution in [1.29, 1.82) is 0 Å². The second kappa shape index (κ2) is 7.49. The second-order valence-electron chi connectivity index (χ2n) is 4.05. The van der Waals surface area contributed by atoms with E-state index in [1.165, 1.54) is 15.8 Å². The standard InChI is InChI=1S/C11H19N5O3/c1-15(4-5-17)11(19)8-16-7-9(6-13-16)14-10(18)2-3-12/h6-7,17H,2-5,8,12H2,1H3,(H,14,18). The van der Waals surface area contributed by atoms with Gasteiger partial charge in [0.05, 0.1) is 18.5 Å². The Kier molecular flexibility index (Phi) is 5.97. The number of nitrogens with one attached hydrogen (secondary N) is 1. The molecule has 0 aliphatic carbocycles. The van der Waals surface area contributed by atoms with E-state index in [1.54, 1.807) is 13.2 Å². The first-order valence-electron chi connectivity index (χ1n) is 5.94. The Morgan fingerprint density at radius 1 is 1.58 bits per heavy atom. The number of amides is 2. The molecule has 0 spiro atoms. The molecule has 4 N–H and O–H groups in total. The lowest BCUT2D eigenvalue weighted by molar-refractivity contribution is -0.131. The van der Waals surface area contributed by atoms with Crippen LogP contribution in [0.25, 0.3) is 0 Å². The van der Waals surface area contributed by atoms with Gasteiger partial charge in [0.2, 0.25) is 11.8 Å². The van der Waals surface area contributed by atoms with Crippen molar-refractivity contribution in [3.8, 4) is 0 Å². The maximum atomic E-state index is 11.7. The number of aliphatic hydroxyl groups excluding tert-OH is 1.